The maximum atomic E-state index is 11.0. The van der Waals surface area contributed by atoms with Crippen molar-refractivity contribution in [1.82, 2.24) is 5.32 Å². The molecule has 8 heavy (non-hydrogen) atoms. The third-order valence-electron chi connectivity index (χ3n) is 0.401. The zero-order chi connectivity index (χ0) is 6.57. The highest BCUT2D eigenvalue weighted by Gasteiger charge is 2.03. The molecule has 1 amide bonds. The average molecular weight is 124 g/mol. The van der Waals surface area contributed by atoms with Crippen LogP contribution in [0, 0.1) is 0 Å². The molecule has 0 saturated heterocycles. The average Bonchev–Trinajstić information content (AvgIpc) is 1.61. The number of carbonyl (C=O) groups excluding carboxylic acids is 1. The predicted octanol–water partition coefficient (Wildman–Crippen LogP) is 0.392. The van der Waals surface area contributed by atoms with Gasteiger partial charge in [0.1, 0.15) is 0 Å². The Morgan fingerprint density at radius 1 is 1.62 bits per heavy atom. The van der Waals surface area contributed by atoms with Gasteiger partial charge >= 0.3 is 6.09 Å². The number of halogens is 2. The van der Waals surface area contributed by atoms with Crippen molar-refractivity contribution in [3.8, 4) is 0 Å². The molecule has 0 aliphatic rings. The van der Waals surface area contributed by atoms with E-state index >= 15 is 0 Å². The number of hydrogen-bond donors (Lipinski definition) is 1. The number of rotatable bonds is 2. The highest BCUT2D eigenvalue weighted by atomic mass is 19.3. The Bertz CT molecular complexity index is 85.4. The molecule has 1 N–H and O–H groups in total. The summed E-state index contributed by atoms with van der Waals surface area (Å²) in [5, 5.41) is 10.7. The minimum atomic E-state index is -2.65. The number of alkyl halides is 2. The van der Waals surface area contributed by atoms with E-state index in [1.165, 1.54) is 5.32 Å². The van der Waals surface area contributed by atoms with E-state index in [-0.39, 0.29) is 0 Å². The van der Waals surface area contributed by atoms with Crippen molar-refractivity contribution in [2.75, 3.05) is 6.54 Å². The minimum Gasteiger partial charge on any atom is -0.313 e. The molecule has 47 valence electrons. The molecule has 0 heterocycles. The third kappa shape index (κ3) is 5.13. The van der Waals surface area contributed by atoms with Crippen LogP contribution in [0.15, 0.2) is 0 Å². The minimum absolute atomic E-state index is 0.859. The lowest BCUT2D eigenvalue weighted by molar-refractivity contribution is 0.129. The van der Waals surface area contributed by atoms with Gasteiger partial charge in [-0.05, 0) is 0 Å². The van der Waals surface area contributed by atoms with Crippen LogP contribution in [0.3, 0.4) is 0 Å². The van der Waals surface area contributed by atoms with Crippen LogP contribution >= 0.6 is 0 Å². The van der Waals surface area contributed by atoms with Gasteiger partial charge in [0, 0.05) is 0 Å². The van der Waals surface area contributed by atoms with Crippen LogP contribution < -0.4 is 5.32 Å². The number of carbonyl (C=O) groups is 1. The molecule has 0 atom stereocenters. The number of nitrogens with one attached hydrogen (secondary N) is 1. The van der Waals surface area contributed by atoms with Crippen molar-refractivity contribution in [3.05, 3.63) is 0 Å². The Hall–Kier alpha value is -0.870. The van der Waals surface area contributed by atoms with Crippen molar-refractivity contribution >= 4 is 6.09 Å². The summed E-state index contributed by atoms with van der Waals surface area (Å²) in [6.07, 6.45) is -4.32. The van der Waals surface area contributed by atoms with Gasteiger partial charge in [-0.2, -0.15) is 0 Å². The van der Waals surface area contributed by atoms with Crippen LogP contribution in [0.2, 0.25) is 0 Å². The molecule has 0 rings (SSSR count). The molecule has 5 heteroatoms. The molecule has 0 aromatic rings. The summed E-state index contributed by atoms with van der Waals surface area (Å²) < 4.78 is 22.1. The largest absolute Gasteiger partial charge is 0.450 e. The first-order chi connectivity index (χ1) is 3.63. The lowest BCUT2D eigenvalue weighted by Gasteiger charge is -1.93. The Labute approximate surface area is 44.3 Å². The first-order valence-corrected chi connectivity index (χ1v) is 1.86. The fourth-order valence-electron chi connectivity index (χ4n) is 0.160. The zero-order valence-electron chi connectivity index (χ0n) is 3.86. The van der Waals surface area contributed by atoms with Crippen LogP contribution in [-0.4, -0.2) is 19.1 Å². The van der Waals surface area contributed by atoms with Crippen LogP contribution in [0.1, 0.15) is 0 Å². The molecule has 0 saturated carbocycles. The van der Waals surface area contributed by atoms with Gasteiger partial charge in [-0.15, -0.1) is 0 Å². The molecule has 3 nitrogen and oxygen atoms in total. The van der Waals surface area contributed by atoms with Crippen molar-refractivity contribution < 1.29 is 18.7 Å². The maximum Gasteiger partial charge on any atom is 0.450 e. The highest BCUT2D eigenvalue weighted by Crippen LogP contribution is 1.86. The van der Waals surface area contributed by atoms with Crippen molar-refractivity contribution in [1.29, 1.82) is 0 Å². The molecular weight excluding hydrogens is 120 g/mol. The van der Waals surface area contributed by atoms with Crippen LogP contribution in [0.5, 0.6) is 0 Å². The van der Waals surface area contributed by atoms with Gasteiger partial charge in [-0.1, -0.05) is 0 Å². The monoisotopic (exact) mass is 124 g/mol. The second-order valence-corrected chi connectivity index (χ2v) is 1.06. The standard InChI is InChI=1S/C3H4F2NO2/c4-2(5)1-6-3(7)8/h2,6H,1H2. The summed E-state index contributed by atoms with van der Waals surface area (Å²) in [5.74, 6) is 0. The second-order valence-electron chi connectivity index (χ2n) is 1.06. The summed E-state index contributed by atoms with van der Waals surface area (Å²) in [7, 11) is 0. The second kappa shape index (κ2) is 3.17. The fourth-order valence-corrected chi connectivity index (χ4v) is 0.160. The Kier molecular flexibility index (Phi) is 2.83. The number of amides is 1. The van der Waals surface area contributed by atoms with E-state index in [2.05, 4.69) is 0 Å². The van der Waals surface area contributed by atoms with Crippen molar-refractivity contribution in [2.24, 2.45) is 0 Å². The predicted molar refractivity (Wildman–Crippen MR) is 20.1 cm³/mol. The molecule has 0 unspecified atom stereocenters. The van der Waals surface area contributed by atoms with Gasteiger partial charge in [-0.3, -0.25) is 0 Å². The summed E-state index contributed by atoms with van der Waals surface area (Å²) in [4.78, 5) is 9.35. The maximum absolute atomic E-state index is 11.0. The van der Waals surface area contributed by atoms with E-state index in [0.717, 1.165) is 0 Å². The molecule has 0 aliphatic carbocycles. The first-order valence-electron chi connectivity index (χ1n) is 1.86. The molecule has 0 aliphatic heterocycles. The lowest BCUT2D eigenvalue weighted by Crippen LogP contribution is -2.25. The Morgan fingerprint density at radius 3 is 2.25 bits per heavy atom. The summed E-state index contributed by atoms with van der Waals surface area (Å²) in [6, 6.07) is 0. The van der Waals surface area contributed by atoms with Crippen LogP contribution in [-0.2, 0) is 5.11 Å². The van der Waals surface area contributed by atoms with E-state index in [1.54, 1.807) is 0 Å². The fraction of sp³-hybridized carbons (Fsp3) is 0.667. The van der Waals surface area contributed by atoms with Gasteiger partial charge in [0.25, 0.3) is 6.43 Å². The van der Waals surface area contributed by atoms with Crippen molar-refractivity contribution in [2.45, 2.75) is 6.43 Å². The van der Waals surface area contributed by atoms with E-state index in [0.29, 0.717) is 0 Å². The molecule has 0 aromatic heterocycles. The van der Waals surface area contributed by atoms with E-state index in [1.807, 2.05) is 0 Å². The van der Waals surface area contributed by atoms with Gasteiger partial charge in [-0.25, -0.2) is 18.7 Å². The molecule has 0 spiro atoms. The molecule has 1 radical (unpaired) electrons. The SMILES string of the molecule is [O]C(=O)NCC(F)F. The third-order valence-corrected chi connectivity index (χ3v) is 0.401. The lowest BCUT2D eigenvalue weighted by atomic mass is 10.7. The Morgan fingerprint density at radius 2 is 2.12 bits per heavy atom. The Balaban J connectivity index is 3.05. The zero-order valence-corrected chi connectivity index (χ0v) is 3.86. The van der Waals surface area contributed by atoms with Gasteiger partial charge < -0.3 is 5.32 Å². The summed E-state index contributed by atoms with van der Waals surface area (Å²) >= 11 is 0. The summed E-state index contributed by atoms with van der Waals surface area (Å²) in [5.41, 5.74) is 0. The molecule has 0 bridgehead atoms. The molecule has 0 aromatic carbocycles. The normalized spacial score (nSPS) is 9.38. The number of hydrogen-bond acceptors (Lipinski definition) is 1. The quantitative estimate of drug-likeness (QED) is 0.568. The first kappa shape index (κ1) is 7.13. The van der Waals surface area contributed by atoms with Gasteiger partial charge in [0.2, 0.25) is 0 Å². The van der Waals surface area contributed by atoms with E-state index in [9.17, 15) is 18.7 Å². The van der Waals surface area contributed by atoms with Crippen LogP contribution in [0.25, 0.3) is 0 Å². The van der Waals surface area contributed by atoms with Crippen molar-refractivity contribution in [3.63, 3.8) is 0 Å². The molecule has 0 fully saturated rings. The topological polar surface area (TPSA) is 49.0 Å². The van der Waals surface area contributed by atoms with Gasteiger partial charge in [0.05, 0.1) is 6.54 Å². The van der Waals surface area contributed by atoms with Crippen LogP contribution in [0.4, 0.5) is 13.6 Å². The smallest absolute Gasteiger partial charge is 0.313 e. The van der Waals surface area contributed by atoms with Gasteiger partial charge in [0.15, 0.2) is 0 Å². The molecular formula is C3H4F2NO2. The van der Waals surface area contributed by atoms with E-state index < -0.39 is 19.1 Å². The highest BCUT2D eigenvalue weighted by molar-refractivity contribution is 5.63. The summed E-state index contributed by atoms with van der Waals surface area (Å²) in [6.45, 7) is -0.859. The van der Waals surface area contributed by atoms with E-state index in [4.69, 9.17) is 0 Å².